The Hall–Kier alpha value is -2.39. The lowest BCUT2D eigenvalue weighted by atomic mass is 10.1. The Kier molecular flexibility index (Phi) is 6.28. The summed E-state index contributed by atoms with van der Waals surface area (Å²) in [6.07, 6.45) is 0.0704. The van der Waals surface area contributed by atoms with Crippen molar-refractivity contribution in [2.24, 2.45) is 17.3 Å². The van der Waals surface area contributed by atoms with Gasteiger partial charge >= 0.3 is 0 Å². The number of aromatic nitrogens is 1. The molecule has 0 radical (unpaired) electrons. The summed E-state index contributed by atoms with van der Waals surface area (Å²) in [5.41, 5.74) is 13.6. The number of carbonyl (C=O) groups is 2. The molecular weight excluding hydrogens is 320 g/mol. The second-order valence-electron chi connectivity index (χ2n) is 4.71. The molecule has 1 atom stereocenters. The Balaban J connectivity index is 0.00000264. The van der Waals surface area contributed by atoms with Crippen LogP contribution in [0.2, 0.25) is 0 Å². The monoisotopic (exact) mass is 338 g/mol. The molecule has 0 spiro atoms. The zero-order valence-corrected chi connectivity index (χ0v) is 13.3. The molecule has 0 saturated heterocycles. The molecule has 124 valence electrons. The van der Waals surface area contributed by atoms with Gasteiger partial charge in [-0.05, 0) is 30.3 Å². The molecule has 0 aliphatic rings. The SMILES string of the molecule is CNC(N)c1cccc(-c2cc(C(N)=O)c(N(N)C=O)[nH]2)c1.Cl. The first-order valence-corrected chi connectivity index (χ1v) is 6.53. The first-order chi connectivity index (χ1) is 10.5. The van der Waals surface area contributed by atoms with Gasteiger partial charge in [0.15, 0.2) is 0 Å². The van der Waals surface area contributed by atoms with E-state index in [1.807, 2.05) is 24.3 Å². The number of halogens is 1. The van der Waals surface area contributed by atoms with Crippen LogP contribution in [-0.2, 0) is 4.79 Å². The van der Waals surface area contributed by atoms with Crippen molar-refractivity contribution < 1.29 is 9.59 Å². The van der Waals surface area contributed by atoms with Crippen LogP contribution >= 0.6 is 12.4 Å². The van der Waals surface area contributed by atoms with Crippen LogP contribution in [0.3, 0.4) is 0 Å². The van der Waals surface area contributed by atoms with Crippen LogP contribution in [0.15, 0.2) is 30.3 Å². The quantitative estimate of drug-likeness (QED) is 0.168. The van der Waals surface area contributed by atoms with Gasteiger partial charge in [0.1, 0.15) is 5.82 Å². The van der Waals surface area contributed by atoms with E-state index < -0.39 is 5.91 Å². The van der Waals surface area contributed by atoms with Crippen molar-refractivity contribution in [3.63, 3.8) is 0 Å². The number of benzene rings is 1. The van der Waals surface area contributed by atoms with Crippen LogP contribution in [-0.4, -0.2) is 24.3 Å². The molecule has 1 unspecified atom stereocenters. The van der Waals surface area contributed by atoms with E-state index in [1.54, 1.807) is 13.1 Å². The molecule has 1 aromatic heterocycles. The van der Waals surface area contributed by atoms with Crippen LogP contribution in [0.4, 0.5) is 5.82 Å². The number of nitrogens with two attached hydrogens (primary N) is 3. The predicted octanol–water partition coefficient (Wildman–Crippen LogP) is 0.216. The van der Waals surface area contributed by atoms with Gasteiger partial charge in [-0.1, -0.05) is 18.2 Å². The van der Waals surface area contributed by atoms with Gasteiger partial charge in [0.25, 0.3) is 5.91 Å². The van der Waals surface area contributed by atoms with Crippen molar-refractivity contribution in [3.05, 3.63) is 41.5 Å². The first kappa shape index (κ1) is 18.7. The molecule has 1 heterocycles. The van der Waals surface area contributed by atoms with Crippen molar-refractivity contribution in [2.75, 3.05) is 12.1 Å². The van der Waals surface area contributed by atoms with Crippen LogP contribution in [0.5, 0.6) is 0 Å². The number of nitrogens with zero attached hydrogens (tertiary/aromatic N) is 1. The zero-order chi connectivity index (χ0) is 16.3. The Morgan fingerprint density at radius 1 is 1.39 bits per heavy atom. The van der Waals surface area contributed by atoms with Gasteiger partial charge in [0, 0.05) is 5.69 Å². The number of nitrogens with one attached hydrogen (secondary N) is 2. The molecule has 2 amide bonds. The maximum atomic E-state index is 11.5. The van der Waals surface area contributed by atoms with Crippen molar-refractivity contribution >= 4 is 30.5 Å². The Labute approximate surface area is 139 Å². The zero-order valence-electron chi connectivity index (χ0n) is 12.4. The minimum atomic E-state index is -0.683. The van der Waals surface area contributed by atoms with Crippen molar-refractivity contribution in [2.45, 2.75) is 6.17 Å². The Morgan fingerprint density at radius 3 is 2.65 bits per heavy atom. The third kappa shape index (κ3) is 3.88. The largest absolute Gasteiger partial charge is 0.365 e. The van der Waals surface area contributed by atoms with Gasteiger partial charge in [0.05, 0.1) is 11.7 Å². The van der Waals surface area contributed by atoms with E-state index in [2.05, 4.69) is 10.3 Å². The van der Waals surface area contributed by atoms with Crippen LogP contribution in [0.1, 0.15) is 22.1 Å². The van der Waals surface area contributed by atoms with Crippen LogP contribution < -0.4 is 27.6 Å². The second kappa shape index (κ2) is 7.75. The summed E-state index contributed by atoms with van der Waals surface area (Å²) in [4.78, 5) is 25.2. The standard InChI is InChI=1S/C14H18N6O2.ClH/c1-18-12(15)9-4-2-3-8(5-9)11-6-10(13(16)22)14(19-11)20(17)7-21;/h2-7,12,18-19H,15,17H2,1H3,(H2,16,22);1H. The number of primary amides is 1. The van der Waals surface area contributed by atoms with Crippen molar-refractivity contribution in [1.29, 1.82) is 0 Å². The summed E-state index contributed by atoms with van der Waals surface area (Å²) in [5.74, 6) is 4.98. The van der Waals surface area contributed by atoms with Crippen LogP contribution in [0, 0.1) is 0 Å². The van der Waals surface area contributed by atoms with Crippen molar-refractivity contribution in [3.8, 4) is 11.3 Å². The van der Waals surface area contributed by atoms with Crippen molar-refractivity contribution in [1.82, 2.24) is 10.3 Å². The molecule has 8 N–H and O–H groups in total. The molecule has 0 aliphatic heterocycles. The number of rotatable bonds is 6. The average Bonchev–Trinajstić information content (AvgIpc) is 2.99. The van der Waals surface area contributed by atoms with E-state index >= 15 is 0 Å². The number of amides is 2. The third-order valence-electron chi connectivity index (χ3n) is 3.30. The van der Waals surface area contributed by atoms with Gasteiger partial charge in [0.2, 0.25) is 6.41 Å². The van der Waals surface area contributed by atoms with E-state index in [1.165, 1.54) is 0 Å². The second-order valence-corrected chi connectivity index (χ2v) is 4.71. The molecule has 2 aromatic rings. The van der Waals surface area contributed by atoms with E-state index in [4.69, 9.17) is 17.3 Å². The smallest absolute Gasteiger partial charge is 0.252 e. The minimum Gasteiger partial charge on any atom is -0.365 e. The Morgan fingerprint density at radius 2 is 2.09 bits per heavy atom. The number of H-pyrrole nitrogens is 1. The summed E-state index contributed by atoms with van der Waals surface area (Å²) in [7, 11) is 1.76. The molecule has 0 bridgehead atoms. The van der Waals surface area contributed by atoms with E-state index in [-0.39, 0.29) is 30.0 Å². The molecule has 0 fully saturated rings. The first-order valence-electron chi connectivity index (χ1n) is 6.53. The highest BCUT2D eigenvalue weighted by molar-refractivity contribution is 6.01. The third-order valence-corrected chi connectivity index (χ3v) is 3.30. The lowest BCUT2D eigenvalue weighted by molar-refractivity contribution is -0.107. The molecule has 0 saturated carbocycles. The van der Waals surface area contributed by atoms with Gasteiger partial charge in [-0.25, -0.2) is 10.9 Å². The molecule has 9 heteroatoms. The average molecular weight is 339 g/mol. The van der Waals surface area contributed by atoms with Crippen LogP contribution in [0.25, 0.3) is 11.3 Å². The summed E-state index contributed by atoms with van der Waals surface area (Å²) >= 11 is 0. The number of hydrogen-bond donors (Lipinski definition) is 5. The number of hydrogen-bond acceptors (Lipinski definition) is 5. The number of aromatic amines is 1. The molecule has 2 rings (SSSR count). The molecule has 8 nitrogen and oxygen atoms in total. The lowest BCUT2D eigenvalue weighted by Crippen LogP contribution is -2.31. The van der Waals surface area contributed by atoms with E-state index in [0.717, 1.165) is 16.1 Å². The fourth-order valence-electron chi connectivity index (χ4n) is 2.11. The van der Waals surface area contributed by atoms with Gasteiger partial charge < -0.3 is 21.8 Å². The summed E-state index contributed by atoms with van der Waals surface area (Å²) in [5, 5.41) is 3.71. The topological polar surface area (TPSA) is 143 Å². The summed E-state index contributed by atoms with van der Waals surface area (Å²) in [6.45, 7) is 0. The van der Waals surface area contributed by atoms with Gasteiger partial charge in [-0.15, -0.1) is 12.4 Å². The molecule has 23 heavy (non-hydrogen) atoms. The highest BCUT2D eigenvalue weighted by Gasteiger charge is 2.17. The molecule has 1 aromatic carbocycles. The number of carbonyl (C=O) groups excluding carboxylic acids is 2. The molecule has 0 aliphatic carbocycles. The summed E-state index contributed by atoms with van der Waals surface area (Å²) < 4.78 is 0. The highest BCUT2D eigenvalue weighted by atomic mass is 35.5. The molecular formula is C14H19ClN6O2. The summed E-state index contributed by atoms with van der Waals surface area (Å²) in [6, 6.07) is 8.97. The predicted molar refractivity (Wildman–Crippen MR) is 90.7 cm³/mol. The number of anilines is 1. The maximum Gasteiger partial charge on any atom is 0.252 e. The van der Waals surface area contributed by atoms with E-state index in [9.17, 15) is 9.59 Å². The van der Waals surface area contributed by atoms with Gasteiger partial charge in [-0.2, -0.15) is 0 Å². The number of hydrazine groups is 1. The van der Waals surface area contributed by atoms with E-state index in [0.29, 0.717) is 12.1 Å². The fourth-order valence-corrected chi connectivity index (χ4v) is 2.11. The fraction of sp³-hybridized carbons (Fsp3) is 0.143. The lowest BCUT2D eigenvalue weighted by Gasteiger charge is -2.12. The van der Waals surface area contributed by atoms with Gasteiger partial charge in [-0.3, -0.25) is 9.59 Å². The maximum absolute atomic E-state index is 11.5. The normalized spacial score (nSPS) is 11.4. The minimum absolute atomic E-state index is 0. The highest BCUT2D eigenvalue weighted by Crippen LogP contribution is 2.27. The Bertz CT molecular complexity index is 702.